The molecule has 1 aliphatic heterocycles. The molecule has 1 heterocycles. The minimum absolute atomic E-state index is 0.0555. The summed E-state index contributed by atoms with van der Waals surface area (Å²) in [5, 5.41) is 0. The summed E-state index contributed by atoms with van der Waals surface area (Å²) in [5.41, 5.74) is 7.34. The molecule has 3 nitrogen and oxygen atoms in total. The van der Waals surface area contributed by atoms with Gasteiger partial charge >= 0.3 is 0 Å². The fourth-order valence-corrected chi connectivity index (χ4v) is 2.45. The number of ether oxygens (including phenoxy) is 1. The molecule has 2 unspecified atom stereocenters. The Morgan fingerprint density at radius 1 is 1.56 bits per heavy atom. The summed E-state index contributed by atoms with van der Waals surface area (Å²) in [6.45, 7) is 3.54. The molecular weight excluding hydrogens is 231 g/mol. The van der Waals surface area contributed by atoms with Crippen LogP contribution in [-0.4, -0.2) is 32.3 Å². The topological polar surface area (TPSA) is 38.5 Å². The van der Waals surface area contributed by atoms with Crippen LogP contribution >= 0.6 is 0 Å². The Hall–Kier alpha value is -1.13. The molecule has 0 aliphatic carbocycles. The van der Waals surface area contributed by atoms with E-state index in [4.69, 9.17) is 10.5 Å². The predicted octanol–water partition coefficient (Wildman–Crippen LogP) is 1.94. The van der Waals surface area contributed by atoms with Crippen molar-refractivity contribution >= 4 is 5.69 Å². The largest absolute Gasteiger partial charge is 0.380 e. The van der Waals surface area contributed by atoms with E-state index in [1.807, 2.05) is 24.0 Å². The van der Waals surface area contributed by atoms with E-state index < -0.39 is 0 Å². The van der Waals surface area contributed by atoms with Gasteiger partial charge in [0.2, 0.25) is 0 Å². The number of hydrogen-bond donors (Lipinski definition) is 1. The molecule has 1 aliphatic rings. The number of halogens is 1. The smallest absolute Gasteiger partial charge is 0.146 e. The van der Waals surface area contributed by atoms with Gasteiger partial charge in [-0.2, -0.15) is 0 Å². The highest BCUT2D eigenvalue weighted by Gasteiger charge is 2.24. The lowest BCUT2D eigenvalue weighted by Gasteiger charge is -2.19. The molecule has 0 spiro atoms. The first-order valence-corrected chi connectivity index (χ1v) is 6.42. The number of benzene rings is 1. The van der Waals surface area contributed by atoms with E-state index in [-0.39, 0.29) is 18.0 Å². The second-order valence-electron chi connectivity index (χ2n) is 5.06. The summed E-state index contributed by atoms with van der Waals surface area (Å²) in [7, 11) is 1.70. The minimum Gasteiger partial charge on any atom is -0.380 e. The Morgan fingerprint density at radius 2 is 2.33 bits per heavy atom. The highest BCUT2D eigenvalue weighted by molar-refractivity contribution is 5.50. The highest BCUT2D eigenvalue weighted by Crippen LogP contribution is 2.25. The van der Waals surface area contributed by atoms with Crippen molar-refractivity contribution in [2.24, 2.45) is 5.73 Å². The Labute approximate surface area is 108 Å². The van der Waals surface area contributed by atoms with Crippen LogP contribution in [0.3, 0.4) is 0 Å². The Morgan fingerprint density at radius 3 is 2.89 bits per heavy atom. The Kier molecular flexibility index (Phi) is 4.19. The third-order valence-corrected chi connectivity index (χ3v) is 3.39. The number of nitrogens with zero attached hydrogens (tertiary/aromatic N) is 1. The van der Waals surface area contributed by atoms with E-state index in [0.717, 1.165) is 25.1 Å². The Bertz CT molecular complexity index is 409. The predicted molar refractivity (Wildman–Crippen MR) is 71.4 cm³/mol. The Balaban J connectivity index is 2.10. The van der Waals surface area contributed by atoms with Crippen molar-refractivity contribution in [3.63, 3.8) is 0 Å². The van der Waals surface area contributed by atoms with E-state index in [9.17, 15) is 4.39 Å². The summed E-state index contributed by atoms with van der Waals surface area (Å²) in [6.07, 6.45) is 1.88. The zero-order valence-corrected chi connectivity index (χ0v) is 11.0. The molecule has 18 heavy (non-hydrogen) atoms. The van der Waals surface area contributed by atoms with Crippen LogP contribution in [0.2, 0.25) is 0 Å². The molecule has 0 radical (unpaired) electrons. The fourth-order valence-electron chi connectivity index (χ4n) is 2.45. The van der Waals surface area contributed by atoms with Crippen LogP contribution in [0.1, 0.15) is 18.9 Å². The third-order valence-electron chi connectivity index (χ3n) is 3.39. The molecule has 0 bridgehead atoms. The van der Waals surface area contributed by atoms with Crippen molar-refractivity contribution in [1.82, 2.24) is 0 Å². The van der Waals surface area contributed by atoms with Gasteiger partial charge in [-0.3, -0.25) is 0 Å². The van der Waals surface area contributed by atoms with Crippen molar-refractivity contribution < 1.29 is 9.13 Å². The van der Waals surface area contributed by atoms with Gasteiger partial charge in [0.05, 0.1) is 11.8 Å². The van der Waals surface area contributed by atoms with Crippen LogP contribution in [0.25, 0.3) is 0 Å². The molecule has 100 valence electrons. The van der Waals surface area contributed by atoms with Crippen molar-refractivity contribution in [2.75, 3.05) is 25.1 Å². The van der Waals surface area contributed by atoms with Gasteiger partial charge in [-0.1, -0.05) is 6.07 Å². The minimum atomic E-state index is -0.162. The maximum Gasteiger partial charge on any atom is 0.146 e. The number of methoxy groups -OCH3 is 1. The van der Waals surface area contributed by atoms with E-state index in [2.05, 4.69) is 0 Å². The number of hydrogen-bond acceptors (Lipinski definition) is 3. The SMILES string of the molecule is COC1CCN(c2ccc(CC(C)N)cc2F)C1. The van der Waals surface area contributed by atoms with Crippen molar-refractivity contribution in [2.45, 2.75) is 31.9 Å². The number of anilines is 1. The normalized spacial score (nSPS) is 21.3. The lowest BCUT2D eigenvalue weighted by molar-refractivity contribution is 0.121. The fraction of sp³-hybridized carbons (Fsp3) is 0.571. The van der Waals surface area contributed by atoms with E-state index in [0.29, 0.717) is 12.1 Å². The molecule has 0 amide bonds. The first-order valence-electron chi connectivity index (χ1n) is 6.42. The maximum atomic E-state index is 14.1. The zero-order valence-electron chi connectivity index (χ0n) is 11.0. The number of nitrogens with two attached hydrogens (primary N) is 1. The summed E-state index contributed by atoms with van der Waals surface area (Å²) < 4.78 is 19.4. The second kappa shape index (κ2) is 5.67. The molecule has 0 saturated carbocycles. The van der Waals surface area contributed by atoms with Gasteiger partial charge in [0.1, 0.15) is 5.82 Å². The van der Waals surface area contributed by atoms with Crippen LogP contribution < -0.4 is 10.6 Å². The summed E-state index contributed by atoms with van der Waals surface area (Å²) in [4.78, 5) is 2.04. The molecule has 4 heteroatoms. The zero-order chi connectivity index (χ0) is 13.1. The molecule has 2 atom stereocenters. The van der Waals surface area contributed by atoms with Crippen LogP contribution in [0.5, 0.6) is 0 Å². The molecule has 1 fully saturated rings. The molecule has 2 N–H and O–H groups in total. The van der Waals surface area contributed by atoms with Crippen LogP contribution in [0.15, 0.2) is 18.2 Å². The van der Waals surface area contributed by atoms with Gasteiger partial charge in [-0.15, -0.1) is 0 Å². The molecule has 1 aromatic carbocycles. The monoisotopic (exact) mass is 252 g/mol. The lowest BCUT2D eigenvalue weighted by Crippen LogP contribution is -2.23. The van der Waals surface area contributed by atoms with Crippen molar-refractivity contribution in [3.05, 3.63) is 29.6 Å². The first-order chi connectivity index (χ1) is 8.60. The first kappa shape index (κ1) is 13.3. The quantitative estimate of drug-likeness (QED) is 0.890. The van der Waals surface area contributed by atoms with Crippen LogP contribution in [0, 0.1) is 5.82 Å². The summed E-state index contributed by atoms with van der Waals surface area (Å²) in [6, 6.07) is 5.46. The van der Waals surface area contributed by atoms with Gasteiger partial charge in [-0.25, -0.2) is 4.39 Å². The van der Waals surface area contributed by atoms with Gasteiger partial charge in [0, 0.05) is 26.2 Å². The molecule has 0 aromatic heterocycles. The number of rotatable bonds is 4. The lowest BCUT2D eigenvalue weighted by atomic mass is 10.1. The average molecular weight is 252 g/mol. The van der Waals surface area contributed by atoms with E-state index in [1.54, 1.807) is 13.2 Å². The average Bonchev–Trinajstić information content (AvgIpc) is 2.76. The summed E-state index contributed by atoms with van der Waals surface area (Å²) in [5.74, 6) is -0.162. The van der Waals surface area contributed by atoms with Crippen molar-refractivity contribution in [3.8, 4) is 0 Å². The van der Waals surface area contributed by atoms with E-state index >= 15 is 0 Å². The van der Waals surface area contributed by atoms with Gasteiger partial charge < -0.3 is 15.4 Å². The maximum absolute atomic E-state index is 14.1. The second-order valence-corrected chi connectivity index (χ2v) is 5.06. The third kappa shape index (κ3) is 3.00. The van der Waals surface area contributed by atoms with Crippen LogP contribution in [-0.2, 0) is 11.2 Å². The molecule has 1 saturated heterocycles. The standard InChI is InChI=1S/C14H21FN2O/c1-10(16)7-11-3-4-14(13(15)8-11)17-6-5-12(9-17)18-2/h3-4,8,10,12H,5-7,9,16H2,1-2H3. The van der Waals surface area contributed by atoms with Crippen molar-refractivity contribution in [1.29, 1.82) is 0 Å². The molecule has 1 aromatic rings. The summed E-state index contributed by atoms with van der Waals surface area (Å²) >= 11 is 0. The van der Waals surface area contributed by atoms with Gasteiger partial charge in [-0.05, 0) is 37.5 Å². The van der Waals surface area contributed by atoms with Crippen LogP contribution in [0.4, 0.5) is 10.1 Å². The van der Waals surface area contributed by atoms with Gasteiger partial charge in [0.15, 0.2) is 0 Å². The van der Waals surface area contributed by atoms with E-state index in [1.165, 1.54) is 0 Å². The molecular formula is C14H21FN2O. The highest BCUT2D eigenvalue weighted by atomic mass is 19.1. The van der Waals surface area contributed by atoms with Gasteiger partial charge in [0.25, 0.3) is 0 Å². The molecule has 2 rings (SSSR count).